The minimum Gasteiger partial charge on any atom is -0.508 e. The number of ketones is 1. The van der Waals surface area contributed by atoms with Crippen molar-refractivity contribution in [3.63, 3.8) is 0 Å². The maximum Gasteiger partial charge on any atom is 0.160 e. The molecule has 1 aliphatic heterocycles. The van der Waals surface area contributed by atoms with Gasteiger partial charge in [0.2, 0.25) is 0 Å². The summed E-state index contributed by atoms with van der Waals surface area (Å²) in [4.78, 5) is 14.4. The summed E-state index contributed by atoms with van der Waals surface area (Å²) in [5.74, 6) is -3.98. The third-order valence-corrected chi connectivity index (χ3v) is 15.7. The normalized spacial score (nSPS) is 54.2. The molecule has 49 heavy (non-hydrogen) atoms. The van der Waals surface area contributed by atoms with Crippen LogP contribution in [0.5, 0.6) is 11.5 Å². The van der Waals surface area contributed by atoms with Crippen LogP contribution >= 0.6 is 0 Å². The Labute approximate surface area is 287 Å². The molecule has 1 aromatic carbocycles. The van der Waals surface area contributed by atoms with Crippen LogP contribution in [-0.4, -0.2) is 94.5 Å². The number of carbonyl (C=O) groups is 1. The molecule has 7 aliphatic carbocycles. The van der Waals surface area contributed by atoms with Gasteiger partial charge in [0.25, 0.3) is 0 Å². The van der Waals surface area contributed by atoms with Gasteiger partial charge in [0.05, 0.1) is 30.0 Å². The lowest BCUT2D eigenvalue weighted by atomic mass is 9.43. The van der Waals surface area contributed by atoms with Gasteiger partial charge in [-0.3, -0.25) is 4.79 Å². The summed E-state index contributed by atoms with van der Waals surface area (Å²) in [7, 11) is 0. The maximum absolute atomic E-state index is 14.4. The highest BCUT2D eigenvalue weighted by molar-refractivity contribution is 5.96. The van der Waals surface area contributed by atoms with Gasteiger partial charge in [-0.05, 0) is 84.1 Å². The van der Waals surface area contributed by atoms with Crippen LogP contribution in [0.1, 0.15) is 84.1 Å². The summed E-state index contributed by atoms with van der Waals surface area (Å²) in [6, 6.07) is 3.98. The Morgan fingerprint density at radius 1 is 0.959 bits per heavy atom. The van der Waals surface area contributed by atoms with Crippen molar-refractivity contribution in [1.82, 2.24) is 0 Å². The largest absolute Gasteiger partial charge is 0.508 e. The average molecular weight is 681 g/mol. The molecule has 10 nitrogen and oxygen atoms in total. The molecule has 1 heterocycles. The second-order valence-electron chi connectivity index (χ2n) is 17.7. The van der Waals surface area contributed by atoms with Crippen molar-refractivity contribution in [2.45, 2.75) is 120 Å². The van der Waals surface area contributed by atoms with E-state index < -0.39 is 69.8 Å². The average Bonchev–Trinajstić information content (AvgIpc) is 3.36. The molecule has 0 radical (unpaired) electrons. The van der Waals surface area contributed by atoms with Crippen molar-refractivity contribution in [1.29, 1.82) is 0 Å². The van der Waals surface area contributed by atoms with Crippen molar-refractivity contribution >= 4 is 5.78 Å². The fraction of sp³-hybridized carbons (Fsp3) is 0.718. The number of benzene rings is 1. The molecular weight excluding hydrogens is 628 g/mol. The van der Waals surface area contributed by atoms with Gasteiger partial charge in [-0.15, -0.1) is 0 Å². The van der Waals surface area contributed by atoms with Crippen molar-refractivity contribution < 1.29 is 50.4 Å². The molecule has 1 spiro atoms. The number of hydrogen-bond acceptors (Lipinski definition) is 10. The van der Waals surface area contributed by atoms with Gasteiger partial charge < -0.3 is 45.6 Å². The number of ether oxygens (including phenoxy) is 1. The zero-order chi connectivity index (χ0) is 35.3. The lowest BCUT2D eigenvalue weighted by Gasteiger charge is -2.62. The summed E-state index contributed by atoms with van der Waals surface area (Å²) < 4.78 is 7.05. The van der Waals surface area contributed by atoms with Gasteiger partial charge in [0.15, 0.2) is 5.78 Å². The van der Waals surface area contributed by atoms with E-state index in [1.807, 2.05) is 20.8 Å². The maximum atomic E-state index is 14.4. The van der Waals surface area contributed by atoms with Crippen molar-refractivity contribution in [2.24, 2.45) is 45.8 Å². The second-order valence-corrected chi connectivity index (χ2v) is 17.7. The van der Waals surface area contributed by atoms with Crippen molar-refractivity contribution in [3.8, 4) is 11.5 Å². The second kappa shape index (κ2) is 10.4. The summed E-state index contributed by atoms with van der Waals surface area (Å²) in [6.07, 6.45) is 4.27. The lowest BCUT2D eigenvalue weighted by molar-refractivity contribution is -0.244. The Morgan fingerprint density at radius 2 is 1.65 bits per heavy atom. The van der Waals surface area contributed by atoms with Gasteiger partial charge in [0.1, 0.15) is 22.7 Å². The number of aromatic hydroxyl groups is 2. The molecule has 2 bridgehead atoms. The molecule has 8 aliphatic rings. The van der Waals surface area contributed by atoms with E-state index in [1.165, 1.54) is 24.3 Å². The van der Waals surface area contributed by atoms with Crippen LogP contribution in [0.25, 0.3) is 0 Å². The van der Waals surface area contributed by atoms with Gasteiger partial charge in [-0.2, -0.15) is 0 Å². The van der Waals surface area contributed by atoms with Gasteiger partial charge in [-0.1, -0.05) is 39.8 Å². The Hall–Kier alpha value is -2.31. The monoisotopic (exact) mass is 680 g/mol. The quantitative estimate of drug-likeness (QED) is 0.221. The number of fused-ring (bicyclic) bond motifs is 9. The first kappa shape index (κ1) is 33.8. The zero-order valence-electron chi connectivity index (χ0n) is 28.8. The van der Waals surface area contributed by atoms with E-state index in [2.05, 4.69) is 19.1 Å². The molecule has 0 amide bonds. The number of hydrogen-bond donors (Lipinski definition) is 8. The first-order valence-electron chi connectivity index (χ1n) is 18.2. The Morgan fingerprint density at radius 3 is 2.29 bits per heavy atom. The first-order valence-corrected chi connectivity index (χ1v) is 18.2. The smallest absolute Gasteiger partial charge is 0.160 e. The summed E-state index contributed by atoms with van der Waals surface area (Å²) in [5, 5.41) is 92.1. The number of carbonyl (C=O) groups excluding carboxylic acids is 1. The fourth-order valence-corrected chi connectivity index (χ4v) is 13.2. The third kappa shape index (κ3) is 3.94. The molecule has 268 valence electrons. The Bertz CT molecular complexity index is 1620. The van der Waals surface area contributed by atoms with E-state index in [9.17, 15) is 45.6 Å². The lowest BCUT2D eigenvalue weighted by Crippen LogP contribution is -2.69. The van der Waals surface area contributed by atoms with E-state index in [1.54, 1.807) is 0 Å². The van der Waals surface area contributed by atoms with Crippen molar-refractivity contribution in [3.05, 3.63) is 47.6 Å². The Kier molecular flexibility index (Phi) is 7.17. The van der Waals surface area contributed by atoms with Gasteiger partial charge in [0, 0.05) is 54.6 Å². The van der Waals surface area contributed by atoms with Gasteiger partial charge in [-0.25, -0.2) is 0 Å². The third-order valence-electron chi connectivity index (χ3n) is 15.7. The topological polar surface area (TPSA) is 188 Å². The van der Waals surface area contributed by atoms with Crippen LogP contribution in [0.4, 0.5) is 0 Å². The van der Waals surface area contributed by atoms with Gasteiger partial charge >= 0.3 is 0 Å². The molecule has 1 saturated heterocycles. The Balaban J connectivity index is 1.23. The number of allylic oxidation sites excluding steroid dienone is 2. The van der Waals surface area contributed by atoms with E-state index in [0.717, 1.165) is 12.8 Å². The number of phenols is 2. The van der Waals surface area contributed by atoms with Crippen LogP contribution in [0, 0.1) is 45.8 Å². The van der Waals surface area contributed by atoms with Crippen LogP contribution in [0.15, 0.2) is 42.0 Å². The molecule has 8 N–H and O–H groups in total. The summed E-state index contributed by atoms with van der Waals surface area (Å²) in [6.45, 7) is 7.69. The minimum atomic E-state index is -1.68. The molecular formula is C39H52O10. The van der Waals surface area contributed by atoms with Crippen LogP contribution in [0.2, 0.25) is 0 Å². The number of aliphatic hydroxyl groups excluding tert-OH is 4. The first-order chi connectivity index (χ1) is 22.9. The molecule has 0 unspecified atom stereocenters. The molecule has 5 fully saturated rings. The number of phenolic OH excluding ortho intramolecular Hbond substituents is 2. The molecule has 0 aromatic heterocycles. The minimum absolute atomic E-state index is 0.0333. The molecule has 1 aromatic rings. The number of aliphatic hydroxyl groups is 6. The summed E-state index contributed by atoms with van der Waals surface area (Å²) in [5.41, 5.74) is -5.88. The van der Waals surface area contributed by atoms with Crippen LogP contribution < -0.4 is 0 Å². The predicted molar refractivity (Wildman–Crippen MR) is 177 cm³/mol. The van der Waals surface area contributed by atoms with Crippen LogP contribution in [-0.2, 0) is 9.53 Å². The standard InChI is InChI=1S/C39H52O10/c1-19-33(46)39(21-5-8-34(19,2)9-6-21)37(47,11-12-40)32-28(49-39)18-38(48)25-16-26(43)30-29(20-13-22(41)15-23(42)14-20)31(45)27(44)17-35(30,3)24(25)7-10-36(32,38)4/h5,8,13-16,19,21,24,27-33,40-42,44-48H,6-7,9-12,17-18H2,1-4H3/t19-,21-,24+,27-,28-,29-,30-,31-,32+,33-,34-,35+,36+,37+,38-,39-/m0/s1. The SMILES string of the molecule is C[C@H]1[C@H](O)[C@@]2(O[C@H]3C[C@]4(O)C5=CC(=O)[C@H]6[C@H](c7cc(O)cc(O)c7)[C@@H](O)[C@@H](O)C[C@]6(C)[C@@H]5CC[C@]4(C)[C@@H]3[C@]2(O)CCO)[C@H]2C=C[C@@]1(C)CC2. The van der Waals surface area contributed by atoms with E-state index in [0.29, 0.717) is 24.0 Å². The molecule has 16 atom stereocenters. The highest BCUT2D eigenvalue weighted by Crippen LogP contribution is 2.74. The van der Waals surface area contributed by atoms with E-state index in [4.69, 9.17) is 4.74 Å². The zero-order valence-corrected chi connectivity index (χ0v) is 28.8. The molecule has 9 rings (SSSR count). The van der Waals surface area contributed by atoms with E-state index >= 15 is 0 Å². The fourth-order valence-electron chi connectivity index (χ4n) is 13.2. The molecule has 10 heteroatoms. The molecule has 4 saturated carbocycles. The highest BCUT2D eigenvalue weighted by Gasteiger charge is 2.81. The summed E-state index contributed by atoms with van der Waals surface area (Å²) >= 11 is 0. The van der Waals surface area contributed by atoms with E-state index in [-0.39, 0.29) is 66.3 Å². The van der Waals surface area contributed by atoms with Crippen LogP contribution in [0.3, 0.4) is 0 Å². The van der Waals surface area contributed by atoms with Crippen molar-refractivity contribution in [2.75, 3.05) is 6.61 Å². The predicted octanol–water partition coefficient (Wildman–Crippen LogP) is 2.84. The highest BCUT2D eigenvalue weighted by atomic mass is 16.6. The number of rotatable bonds is 3.